The van der Waals surface area contributed by atoms with E-state index in [0.29, 0.717) is 11.4 Å². The Morgan fingerprint density at radius 3 is 2.88 bits per heavy atom. The van der Waals surface area contributed by atoms with Crippen LogP contribution in [0.3, 0.4) is 0 Å². The molecule has 1 aliphatic rings. The molecular formula is C13H14FN3. The Morgan fingerprint density at radius 1 is 1.24 bits per heavy atom. The number of fused-ring (bicyclic) bond motifs is 1. The number of nitrogens with two attached hydrogens (primary N) is 1. The average Bonchev–Trinajstić information content (AvgIpc) is 2.73. The molecule has 0 spiro atoms. The van der Waals surface area contributed by atoms with Crippen molar-refractivity contribution in [2.45, 2.75) is 25.7 Å². The maximum absolute atomic E-state index is 13.9. The van der Waals surface area contributed by atoms with E-state index in [1.165, 1.54) is 12.5 Å². The molecule has 0 saturated carbocycles. The lowest BCUT2D eigenvalue weighted by Gasteiger charge is -2.14. The maximum Gasteiger partial charge on any atom is 0.149 e. The fourth-order valence-electron chi connectivity index (χ4n) is 2.40. The van der Waals surface area contributed by atoms with Crippen molar-refractivity contribution in [3.8, 4) is 5.69 Å². The number of hydrogen-bond acceptors (Lipinski definition) is 2. The number of aryl methyl sites for hydroxylation is 1. The number of halogens is 1. The Labute approximate surface area is 99.1 Å². The molecule has 1 aromatic heterocycles. The summed E-state index contributed by atoms with van der Waals surface area (Å²) in [6.07, 6.45) is 6.01. The molecule has 0 amide bonds. The van der Waals surface area contributed by atoms with E-state index in [-0.39, 0.29) is 5.82 Å². The molecule has 2 N–H and O–H groups in total. The van der Waals surface area contributed by atoms with Crippen LogP contribution in [0.5, 0.6) is 0 Å². The van der Waals surface area contributed by atoms with Gasteiger partial charge in [0.25, 0.3) is 0 Å². The van der Waals surface area contributed by atoms with Crippen LogP contribution in [0.4, 0.5) is 10.1 Å². The molecule has 0 radical (unpaired) electrons. The Kier molecular flexibility index (Phi) is 2.35. The van der Waals surface area contributed by atoms with E-state index in [4.69, 9.17) is 5.73 Å². The first-order chi connectivity index (χ1) is 8.25. The molecule has 1 aliphatic carbocycles. The number of nitrogen functional groups attached to an aromatic ring is 1. The predicted octanol–water partition coefficient (Wildman–Crippen LogP) is 2.47. The molecule has 88 valence electrons. The lowest BCUT2D eigenvalue weighted by molar-refractivity contribution is 0.609. The number of anilines is 1. The highest BCUT2D eigenvalue weighted by Gasteiger charge is 2.17. The smallest absolute Gasteiger partial charge is 0.149 e. The third-order valence-corrected chi connectivity index (χ3v) is 3.26. The third-order valence-electron chi connectivity index (χ3n) is 3.26. The number of rotatable bonds is 1. The van der Waals surface area contributed by atoms with E-state index in [1.54, 1.807) is 18.5 Å². The van der Waals surface area contributed by atoms with Crippen LogP contribution in [0, 0.1) is 5.82 Å². The first-order valence-corrected chi connectivity index (χ1v) is 5.86. The minimum absolute atomic E-state index is 0.296. The molecule has 3 rings (SSSR count). The molecule has 4 heteroatoms. The minimum atomic E-state index is -0.296. The summed E-state index contributed by atoms with van der Waals surface area (Å²) in [5, 5.41) is 0. The van der Waals surface area contributed by atoms with Crippen LogP contribution in [0.1, 0.15) is 24.2 Å². The summed E-state index contributed by atoms with van der Waals surface area (Å²) in [5.41, 5.74) is 8.78. The van der Waals surface area contributed by atoms with E-state index in [2.05, 4.69) is 4.98 Å². The molecule has 0 atom stereocenters. The number of aromatic nitrogens is 2. The molecule has 2 aromatic rings. The molecule has 0 bridgehead atoms. The van der Waals surface area contributed by atoms with Gasteiger partial charge in [-0.15, -0.1) is 0 Å². The van der Waals surface area contributed by atoms with Gasteiger partial charge in [0.1, 0.15) is 5.82 Å². The molecule has 0 unspecified atom stereocenters. The Hall–Kier alpha value is -1.84. The van der Waals surface area contributed by atoms with Gasteiger partial charge in [0, 0.05) is 11.4 Å². The second-order valence-corrected chi connectivity index (χ2v) is 4.43. The zero-order chi connectivity index (χ0) is 11.8. The Morgan fingerprint density at radius 2 is 2.06 bits per heavy atom. The van der Waals surface area contributed by atoms with Crippen LogP contribution in [0.25, 0.3) is 5.69 Å². The monoisotopic (exact) mass is 231 g/mol. The van der Waals surface area contributed by atoms with Gasteiger partial charge in [-0.1, -0.05) is 0 Å². The number of benzene rings is 1. The van der Waals surface area contributed by atoms with Gasteiger partial charge in [-0.3, -0.25) is 0 Å². The maximum atomic E-state index is 13.9. The number of imidazole rings is 1. The van der Waals surface area contributed by atoms with Crippen molar-refractivity contribution < 1.29 is 4.39 Å². The van der Waals surface area contributed by atoms with Crippen LogP contribution in [-0.2, 0) is 12.8 Å². The van der Waals surface area contributed by atoms with Gasteiger partial charge in [-0.2, -0.15) is 0 Å². The second kappa shape index (κ2) is 3.87. The highest BCUT2D eigenvalue weighted by Crippen LogP contribution is 2.25. The first-order valence-electron chi connectivity index (χ1n) is 5.86. The molecule has 0 saturated heterocycles. The highest BCUT2D eigenvalue weighted by atomic mass is 19.1. The Balaban J connectivity index is 2.12. The molecule has 1 heterocycles. The zero-order valence-corrected chi connectivity index (χ0v) is 9.49. The highest BCUT2D eigenvalue weighted by molar-refractivity contribution is 5.47. The van der Waals surface area contributed by atoms with Crippen molar-refractivity contribution in [2.75, 3.05) is 5.73 Å². The van der Waals surface area contributed by atoms with Crippen molar-refractivity contribution in [1.29, 1.82) is 0 Å². The van der Waals surface area contributed by atoms with Crippen LogP contribution < -0.4 is 5.73 Å². The largest absolute Gasteiger partial charge is 0.399 e. The quantitative estimate of drug-likeness (QED) is 0.766. The van der Waals surface area contributed by atoms with E-state index >= 15 is 0 Å². The van der Waals surface area contributed by atoms with Crippen molar-refractivity contribution in [3.63, 3.8) is 0 Å². The van der Waals surface area contributed by atoms with E-state index in [0.717, 1.165) is 30.7 Å². The Bertz CT molecular complexity index is 560. The van der Waals surface area contributed by atoms with Crippen molar-refractivity contribution in [1.82, 2.24) is 9.55 Å². The van der Waals surface area contributed by atoms with Gasteiger partial charge in [0.2, 0.25) is 0 Å². The summed E-state index contributed by atoms with van der Waals surface area (Å²) in [5.74, 6) is -0.296. The van der Waals surface area contributed by atoms with Crippen molar-refractivity contribution in [3.05, 3.63) is 41.7 Å². The molecule has 0 fully saturated rings. The van der Waals surface area contributed by atoms with E-state index in [1.807, 2.05) is 4.57 Å². The molecule has 1 aromatic carbocycles. The summed E-state index contributed by atoms with van der Waals surface area (Å²) >= 11 is 0. The van der Waals surface area contributed by atoms with Gasteiger partial charge in [-0.05, 0) is 43.9 Å². The summed E-state index contributed by atoms with van der Waals surface area (Å²) in [6.45, 7) is 0. The van der Waals surface area contributed by atoms with Gasteiger partial charge in [-0.25, -0.2) is 9.37 Å². The van der Waals surface area contributed by atoms with Crippen LogP contribution in [-0.4, -0.2) is 9.55 Å². The SMILES string of the molecule is Nc1ccc(-n2cnc3c2CCCC3)c(F)c1. The molecule has 17 heavy (non-hydrogen) atoms. The van der Waals surface area contributed by atoms with E-state index in [9.17, 15) is 4.39 Å². The summed E-state index contributed by atoms with van der Waals surface area (Å²) in [6, 6.07) is 4.78. The fraction of sp³-hybridized carbons (Fsp3) is 0.308. The number of nitrogens with zero attached hydrogens (tertiary/aromatic N) is 2. The van der Waals surface area contributed by atoms with Crippen molar-refractivity contribution in [2.24, 2.45) is 0 Å². The lowest BCUT2D eigenvalue weighted by Crippen LogP contribution is -2.08. The fourth-order valence-corrected chi connectivity index (χ4v) is 2.40. The van der Waals surface area contributed by atoms with Crippen LogP contribution >= 0.6 is 0 Å². The van der Waals surface area contributed by atoms with Gasteiger partial charge in [0.05, 0.1) is 17.7 Å². The zero-order valence-electron chi connectivity index (χ0n) is 9.49. The van der Waals surface area contributed by atoms with Crippen molar-refractivity contribution >= 4 is 5.69 Å². The summed E-state index contributed by atoms with van der Waals surface area (Å²) < 4.78 is 15.7. The summed E-state index contributed by atoms with van der Waals surface area (Å²) in [4.78, 5) is 4.36. The van der Waals surface area contributed by atoms with E-state index < -0.39 is 0 Å². The standard InChI is InChI=1S/C13H14FN3/c14-10-7-9(15)5-6-12(10)17-8-16-11-3-1-2-4-13(11)17/h5-8H,1-4,15H2. The lowest BCUT2D eigenvalue weighted by atomic mass is 10.0. The summed E-state index contributed by atoms with van der Waals surface area (Å²) in [7, 11) is 0. The molecule has 3 nitrogen and oxygen atoms in total. The topological polar surface area (TPSA) is 43.8 Å². The normalized spacial score (nSPS) is 14.6. The van der Waals surface area contributed by atoms with Gasteiger partial charge >= 0.3 is 0 Å². The average molecular weight is 231 g/mol. The first kappa shape index (κ1) is 10.3. The predicted molar refractivity (Wildman–Crippen MR) is 64.6 cm³/mol. The van der Waals surface area contributed by atoms with Gasteiger partial charge < -0.3 is 10.3 Å². The molecular weight excluding hydrogens is 217 g/mol. The van der Waals surface area contributed by atoms with Gasteiger partial charge in [0.15, 0.2) is 0 Å². The van der Waals surface area contributed by atoms with Crippen LogP contribution in [0.2, 0.25) is 0 Å². The van der Waals surface area contributed by atoms with Crippen LogP contribution in [0.15, 0.2) is 24.5 Å². The number of hydrogen-bond donors (Lipinski definition) is 1. The molecule has 0 aliphatic heterocycles. The second-order valence-electron chi connectivity index (χ2n) is 4.43. The third kappa shape index (κ3) is 1.69. The minimum Gasteiger partial charge on any atom is -0.399 e.